The van der Waals surface area contributed by atoms with Gasteiger partial charge in [-0.1, -0.05) is 12.8 Å². The van der Waals surface area contributed by atoms with Crippen LogP contribution >= 0.6 is 12.4 Å². The van der Waals surface area contributed by atoms with E-state index in [4.69, 9.17) is 0 Å². The zero-order chi connectivity index (χ0) is 15.3. The quantitative estimate of drug-likeness (QED) is 0.805. The standard InChI is InChI=1S/C15H25F3N2O.ClH/c16-15(17,18)13-4-2-1-3-12(13)10-20-14(21)6-5-11-7-8-19-9-11;/h11-13,19H,1-10H2,(H,20,21);1H. The molecule has 0 spiro atoms. The van der Waals surface area contributed by atoms with Gasteiger partial charge in [0, 0.05) is 13.0 Å². The number of halogens is 4. The van der Waals surface area contributed by atoms with Crippen molar-refractivity contribution in [3.8, 4) is 0 Å². The molecule has 2 fully saturated rings. The molecule has 1 heterocycles. The summed E-state index contributed by atoms with van der Waals surface area (Å²) in [6.45, 7) is 2.12. The molecule has 1 saturated carbocycles. The predicted molar refractivity (Wildman–Crippen MR) is 82.0 cm³/mol. The van der Waals surface area contributed by atoms with Crippen LogP contribution in [0.2, 0.25) is 0 Å². The van der Waals surface area contributed by atoms with Gasteiger partial charge < -0.3 is 10.6 Å². The summed E-state index contributed by atoms with van der Waals surface area (Å²) in [6.07, 6.45) is 0.457. The lowest BCUT2D eigenvalue weighted by atomic mass is 9.78. The highest BCUT2D eigenvalue weighted by Gasteiger charge is 2.45. The topological polar surface area (TPSA) is 41.1 Å². The van der Waals surface area contributed by atoms with Crippen molar-refractivity contribution in [1.82, 2.24) is 10.6 Å². The maximum absolute atomic E-state index is 12.9. The van der Waals surface area contributed by atoms with Gasteiger partial charge in [0.25, 0.3) is 0 Å². The van der Waals surface area contributed by atoms with E-state index in [9.17, 15) is 18.0 Å². The lowest BCUT2D eigenvalue weighted by molar-refractivity contribution is -0.195. The van der Waals surface area contributed by atoms with E-state index in [0.29, 0.717) is 25.2 Å². The van der Waals surface area contributed by atoms with Crippen molar-refractivity contribution >= 4 is 18.3 Å². The molecule has 0 aromatic rings. The molecule has 7 heteroatoms. The van der Waals surface area contributed by atoms with Crippen molar-refractivity contribution in [2.75, 3.05) is 19.6 Å². The lowest BCUT2D eigenvalue weighted by Gasteiger charge is -2.33. The number of hydrogen-bond acceptors (Lipinski definition) is 2. The van der Waals surface area contributed by atoms with Crippen molar-refractivity contribution in [1.29, 1.82) is 0 Å². The van der Waals surface area contributed by atoms with Gasteiger partial charge in [0.2, 0.25) is 5.91 Å². The largest absolute Gasteiger partial charge is 0.392 e. The summed E-state index contributed by atoms with van der Waals surface area (Å²) in [5.74, 6) is -1.26. The van der Waals surface area contributed by atoms with Crippen molar-refractivity contribution in [2.24, 2.45) is 17.8 Å². The summed E-state index contributed by atoms with van der Waals surface area (Å²) >= 11 is 0. The highest BCUT2D eigenvalue weighted by Crippen LogP contribution is 2.41. The smallest absolute Gasteiger partial charge is 0.356 e. The summed E-state index contributed by atoms with van der Waals surface area (Å²) in [4.78, 5) is 11.8. The molecule has 1 aliphatic heterocycles. The van der Waals surface area contributed by atoms with Gasteiger partial charge in [-0.25, -0.2) is 0 Å². The number of rotatable bonds is 5. The van der Waals surface area contributed by atoms with Crippen LogP contribution in [0.4, 0.5) is 13.2 Å². The minimum atomic E-state index is -4.13. The Hall–Kier alpha value is -0.490. The second-order valence-electron chi connectivity index (χ2n) is 6.39. The van der Waals surface area contributed by atoms with Crippen LogP contribution in [0.5, 0.6) is 0 Å². The van der Waals surface area contributed by atoms with E-state index in [1.54, 1.807) is 0 Å². The average molecular weight is 343 g/mol. The number of amides is 1. The molecule has 3 atom stereocenters. The highest BCUT2D eigenvalue weighted by atomic mass is 35.5. The first-order chi connectivity index (χ1) is 9.97. The van der Waals surface area contributed by atoms with Gasteiger partial charge in [0.05, 0.1) is 5.92 Å². The second-order valence-corrected chi connectivity index (χ2v) is 6.39. The fourth-order valence-electron chi connectivity index (χ4n) is 3.51. The molecule has 130 valence electrons. The number of carbonyl (C=O) groups excluding carboxylic acids is 1. The van der Waals surface area contributed by atoms with Gasteiger partial charge in [-0.3, -0.25) is 4.79 Å². The Morgan fingerprint density at radius 2 is 1.91 bits per heavy atom. The molecular formula is C15H26ClF3N2O. The van der Waals surface area contributed by atoms with Gasteiger partial charge in [-0.15, -0.1) is 12.4 Å². The zero-order valence-electron chi connectivity index (χ0n) is 12.8. The molecule has 0 bridgehead atoms. The van der Waals surface area contributed by atoms with Crippen LogP contribution in [0.25, 0.3) is 0 Å². The van der Waals surface area contributed by atoms with Crippen LogP contribution in [0.3, 0.4) is 0 Å². The Kier molecular flexibility index (Phi) is 7.97. The normalized spacial score (nSPS) is 29.0. The molecule has 2 N–H and O–H groups in total. The molecule has 22 heavy (non-hydrogen) atoms. The van der Waals surface area contributed by atoms with E-state index < -0.39 is 18.0 Å². The van der Waals surface area contributed by atoms with Crippen LogP contribution in [0.1, 0.15) is 44.9 Å². The van der Waals surface area contributed by atoms with Crippen LogP contribution in [-0.2, 0) is 4.79 Å². The second kappa shape index (κ2) is 8.96. The van der Waals surface area contributed by atoms with Gasteiger partial charge >= 0.3 is 6.18 Å². The van der Waals surface area contributed by atoms with Gasteiger partial charge in [-0.05, 0) is 50.6 Å². The summed E-state index contributed by atoms with van der Waals surface area (Å²) in [6, 6.07) is 0. The van der Waals surface area contributed by atoms with Crippen molar-refractivity contribution in [3.63, 3.8) is 0 Å². The highest BCUT2D eigenvalue weighted by molar-refractivity contribution is 5.85. The maximum atomic E-state index is 12.9. The maximum Gasteiger partial charge on any atom is 0.392 e. The Bertz CT molecular complexity index is 346. The number of hydrogen-bond donors (Lipinski definition) is 2. The first-order valence-corrected chi connectivity index (χ1v) is 8.01. The molecule has 2 rings (SSSR count). The van der Waals surface area contributed by atoms with Crippen molar-refractivity contribution in [3.05, 3.63) is 0 Å². The van der Waals surface area contributed by atoms with Crippen LogP contribution < -0.4 is 10.6 Å². The van der Waals surface area contributed by atoms with Crippen LogP contribution in [0, 0.1) is 17.8 Å². The molecule has 3 nitrogen and oxygen atoms in total. The van der Waals surface area contributed by atoms with E-state index >= 15 is 0 Å². The SMILES string of the molecule is Cl.O=C(CCC1CCNC1)NCC1CCCCC1C(F)(F)F. The van der Waals surface area contributed by atoms with Crippen molar-refractivity contribution in [2.45, 2.75) is 51.1 Å². The fourth-order valence-corrected chi connectivity index (χ4v) is 3.51. The predicted octanol–water partition coefficient (Wildman–Crippen LogP) is 3.28. The molecular weight excluding hydrogens is 317 g/mol. The summed E-state index contributed by atoms with van der Waals surface area (Å²) < 4.78 is 38.8. The van der Waals surface area contributed by atoms with Crippen LogP contribution in [-0.4, -0.2) is 31.7 Å². The van der Waals surface area contributed by atoms with E-state index in [0.717, 1.165) is 32.4 Å². The third-order valence-corrected chi connectivity index (χ3v) is 4.83. The van der Waals surface area contributed by atoms with Gasteiger partial charge in [0.1, 0.15) is 0 Å². The summed E-state index contributed by atoms with van der Waals surface area (Å²) in [7, 11) is 0. The molecule has 2 aliphatic rings. The third kappa shape index (κ3) is 5.95. The molecule has 0 aromatic carbocycles. The molecule has 1 amide bonds. The first kappa shape index (κ1) is 19.6. The molecule has 0 radical (unpaired) electrons. The number of carbonyl (C=O) groups is 1. The number of alkyl halides is 3. The molecule has 1 saturated heterocycles. The van der Waals surface area contributed by atoms with Crippen LogP contribution in [0.15, 0.2) is 0 Å². The Balaban J connectivity index is 0.00000242. The van der Waals surface area contributed by atoms with E-state index in [1.807, 2.05) is 0 Å². The number of nitrogens with one attached hydrogen (secondary N) is 2. The minimum absolute atomic E-state index is 0. The van der Waals surface area contributed by atoms with E-state index in [2.05, 4.69) is 10.6 Å². The lowest BCUT2D eigenvalue weighted by Crippen LogP contribution is -2.40. The summed E-state index contributed by atoms with van der Waals surface area (Å²) in [5.41, 5.74) is 0. The van der Waals surface area contributed by atoms with Crippen molar-refractivity contribution < 1.29 is 18.0 Å². The third-order valence-electron chi connectivity index (χ3n) is 4.83. The summed E-state index contributed by atoms with van der Waals surface area (Å²) in [5, 5.41) is 5.96. The average Bonchev–Trinajstić information content (AvgIpc) is 2.95. The van der Waals surface area contributed by atoms with E-state index in [-0.39, 0.29) is 31.3 Å². The van der Waals surface area contributed by atoms with E-state index in [1.165, 1.54) is 0 Å². The Labute approximate surface area is 136 Å². The zero-order valence-corrected chi connectivity index (χ0v) is 13.6. The molecule has 3 unspecified atom stereocenters. The van der Waals surface area contributed by atoms with Gasteiger partial charge in [0.15, 0.2) is 0 Å². The minimum Gasteiger partial charge on any atom is -0.356 e. The Morgan fingerprint density at radius 3 is 2.55 bits per heavy atom. The molecule has 0 aromatic heterocycles. The van der Waals surface area contributed by atoms with Gasteiger partial charge in [-0.2, -0.15) is 13.2 Å². The fraction of sp³-hybridized carbons (Fsp3) is 0.933. The monoisotopic (exact) mass is 342 g/mol. The Morgan fingerprint density at radius 1 is 1.18 bits per heavy atom. The molecule has 1 aliphatic carbocycles. The first-order valence-electron chi connectivity index (χ1n) is 8.01.